The molecule has 3 aromatic rings. The third-order valence-electron chi connectivity index (χ3n) is 7.76. The summed E-state index contributed by atoms with van der Waals surface area (Å²) < 4.78 is 6.48. The van der Waals surface area contributed by atoms with Crippen LogP contribution >= 0.6 is 0 Å². The zero-order valence-corrected chi connectivity index (χ0v) is 21.4. The SMILES string of the molecule is O=C(NO)c1ccc(C=C(COc2cccc3ccccc23)CN(C2CCCC2)C2CCNCC2)cc1. The Hall–Kier alpha value is -3.19. The summed E-state index contributed by atoms with van der Waals surface area (Å²) in [7, 11) is 0. The summed E-state index contributed by atoms with van der Waals surface area (Å²) in [5, 5.41) is 14.8. The van der Waals surface area contributed by atoms with E-state index in [1.165, 1.54) is 49.5 Å². The predicted molar refractivity (Wildman–Crippen MR) is 148 cm³/mol. The number of nitrogens with one attached hydrogen (secondary N) is 2. The van der Waals surface area contributed by atoms with E-state index in [-0.39, 0.29) is 0 Å². The Morgan fingerprint density at radius 2 is 1.65 bits per heavy atom. The van der Waals surface area contributed by atoms with Crippen molar-refractivity contribution in [3.8, 4) is 5.75 Å². The molecule has 1 saturated carbocycles. The van der Waals surface area contributed by atoms with E-state index in [0.717, 1.165) is 36.3 Å². The van der Waals surface area contributed by atoms with Crippen LogP contribution in [0.15, 0.2) is 72.3 Å². The lowest BCUT2D eigenvalue weighted by Crippen LogP contribution is -2.48. The lowest BCUT2D eigenvalue weighted by molar-refractivity contribution is 0.0706. The van der Waals surface area contributed by atoms with Crippen LogP contribution in [0.4, 0.5) is 0 Å². The molecular weight excluding hydrogens is 462 g/mol. The van der Waals surface area contributed by atoms with Gasteiger partial charge in [0, 0.05) is 29.6 Å². The van der Waals surface area contributed by atoms with E-state index in [9.17, 15) is 4.79 Å². The van der Waals surface area contributed by atoms with Crippen molar-refractivity contribution in [2.45, 2.75) is 50.6 Å². The molecule has 0 spiro atoms. The molecule has 1 heterocycles. The topological polar surface area (TPSA) is 73.8 Å². The summed E-state index contributed by atoms with van der Waals surface area (Å²) in [5.74, 6) is 0.390. The van der Waals surface area contributed by atoms with Crippen LogP contribution in [-0.2, 0) is 0 Å². The van der Waals surface area contributed by atoms with Gasteiger partial charge in [-0.1, -0.05) is 67.4 Å². The molecule has 1 saturated heterocycles. The quantitative estimate of drug-likeness (QED) is 0.271. The average molecular weight is 500 g/mol. The first-order chi connectivity index (χ1) is 18.2. The normalized spacial score (nSPS) is 17.4. The van der Waals surface area contributed by atoms with Crippen LogP contribution in [0.2, 0.25) is 0 Å². The van der Waals surface area contributed by atoms with E-state index in [1.54, 1.807) is 17.6 Å². The smallest absolute Gasteiger partial charge is 0.274 e. The van der Waals surface area contributed by atoms with Crippen molar-refractivity contribution < 1.29 is 14.7 Å². The Morgan fingerprint density at radius 3 is 2.41 bits per heavy atom. The molecule has 1 aliphatic heterocycles. The van der Waals surface area contributed by atoms with Crippen molar-refractivity contribution in [2.75, 3.05) is 26.2 Å². The van der Waals surface area contributed by atoms with Crippen LogP contribution in [0.25, 0.3) is 16.8 Å². The van der Waals surface area contributed by atoms with Gasteiger partial charge in [0.15, 0.2) is 0 Å². The number of piperidine rings is 1. The van der Waals surface area contributed by atoms with Crippen molar-refractivity contribution in [1.29, 1.82) is 0 Å². The highest BCUT2D eigenvalue weighted by molar-refractivity contribution is 5.93. The molecule has 1 amide bonds. The van der Waals surface area contributed by atoms with Gasteiger partial charge in [-0.3, -0.25) is 14.9 Å². The average Bonchev–Trinajstić information content (AvgIpc) is 3.49. The van der Waals surface area contributed by atoms with E-state index in [4.69, 9.17) is 9.94 Å². The second kappa shape index (κ2) is 12.4. The number of hydrogen-bond acceptors (Lipinski definition) is 5. The molecule has 2 fully saturated rings. The van der Waals surface area contributed by atoms with E-state index in [1.807, 2.05) is 24.3 Å². The van der Waals surface area contributed by atoms with Crippen molar-refractivity contribution in [2.24, 2.45) is 0 Å². The Labute approximate surface area is 219 Å². The zero-order chi connectivity index (χ0) is 25.5. The molecule has 3 aromatic carbocycles. The van der Waals surface area contributed by atoms with Gasteiger partial charge < -0.3 is 10.1 Å². The molecule has 2 aliphatic rings. The van der Waals surface area contributed by atoms with Crippen molar-refractivity contribution >= 4 is 22.8 Å². The Bertz CT molecular complexity index is 1210. The number of rotatable bonds is 9. The number of amides is 1. The van der Waals surface area contributed by atoms with Crippen LogP contribution in [0.3, 0.4) is 0 Å². The van der Waals surface area contributed by atoms with Crippen LogP contribution in [0.1, 0.15) is 54.4 Å². The van der Waals surface area contributed by atoms with Gasteiger partial charge in [0.2, 0.25) is 0 Å². The number of fused-ring (bicyclic) bond motifs is 1. The van der Waals surface area contributed by atoms with Gasteiger partial charge in [0.25, 0.3) is 5.91 Å². The largest absolute Gasteiger partial charge is 0.489 e. The molecule has 0 atom stereocenters. The number of carbonyl (C=O) groups excluding carboxylic acids is 1. The molecule has 0 unspecified atom stereocenters. The van der Waals surface area contributed by atoms with Crippen LogP contribution in [-0.4, -0.2) is 54.3 Å². The summed E-state index contributed by atoms with van der Waals surface area (Å²) in [5.41, 5.74) is 4.36. The third-order valence-corrected chi connectivity index (χ3v) is 7.76. The van der Waals surface area contributed by atoms with E-state index in [0.29, 0.717) is 24.3 Å². The third kappa shape index (κ3) is 6.39. The second-order valence-corrected chi connectivity index (χ2v) is 10.2. The van der Waals surface area contributed by atoms with Gasteiger partial charge in [0.1, 0.15) is 12.4 Å². The number of hydroxylamine groups is 1. The lowest BCUT2D eigenvalue weighted by atomic mass is 9.99. The molecule has 194 valence electrons. The van der Waals surface area contributed by atoms with Gasteiger partial charge >= 0.3 is 0 Å². The van der Waals surface area contributed by atoms with Gasteiger partial charge in [0.05, 0.1) is 0 Å². The van der Waals surface area contributed by atoms with E-state index < -0.39 is 5.91 Å². The van der Waals surface area contributed by atoms with Gasteiger partial charge in [-0.2, -0.15) is 0 Å². The first kappa shape index (κ1) is 25.5. The Balaban J connectivity index is 1.42. The second-order valence-electron chi connectivity index (χ2n) is 10.2. The number of carbonyl (C=O) groups is 1. The fourth-order valence-electron chi connectivity index (χ4n) is 5.82. The van der Waals surface area contributed by atoms with E-state index in [2.05, 4.69) is 46.6 Å². The van der Waals surface area contributed by atoms with E-state index >= 15 is 0 Å². The predicted octanol–water partition coefficient (Wildman–Crippen LogP) is 5.42. The molecule has 3 N–H and O–H groups in total. The number of benzene rings is 3. The molecule has 6 heteroatoms. The highest BCUT2D eigenvalue weighted by Gasteiger charge is 2.30. The molecule has 0 aromatic heterocycles. The maximum Gasteiger partial charge on any atom is 0.274 e. The summed E-state index contributed by atoms with van der Waals surface area (Å²) in [6, 6.07) is 23.1. The van der Waals surface area contributed by atoms with Crippen molar-refractivity contribution in [1.82, 2.24) is 15.7 Å². The zero-order valence-electron chi connectivity index (χ0n) is 21.4. The van der Waals surface area contributed by atoms with Crippen LogP contribution < -0.4 is 15.5 Å². The van der Waals surface area contributed by atoms with Gasteiger partial charge in [-0.15, -0.1) is 0 Å². The van der Waals surface area contributed by atoms with Crippen LogP contribution in [0.5, 0.6) is 5.75 Å². The summed E-state index contributed by atoms with van der Waals surface area (Å²) in [6.07, 6.45) is 9.73. The Kier molecular flexibility index (Phi) is 8.51. The fraction of sp³-hybridized carbons (Fsp3) is 0.387. The molecule has 6 nitrogen and oxygen atoms in total. The highest BCUT2D eigenvalue weighted by atomic mass is 16.5. The lowest BCUT2D eigenvalue weighted by Gasteiger charge is -2.39. The number of ether oxygens (including phenoxy) is 1. The Morgan fingerprint density at radius 1 is 0.946 bits per heavy atom. The van der Waals surface area contributed by atoms with Gasteiger partial charge in [-0.05, 0) is 73.5 Å². The molecule has 0 radical (unpaired) electrons. The maximum absolute atomic E-state index is 11.8. The summed E-state index contributed by atoms with van der Waals surface area (Å²) in [6.45, 7) is 3.53. The summed E-state index contributed by atoms with van der Waals surface area (Å²) >= 11 is 0. The molecule has 5 rings (SSSR count). The summed E-state index contributed by atoms with van der Waals surface area (Å²) in [4.78, 5) is 14.5. The van der Waals surface area contributed by atoms with Crippen molar-refractivity contribution in [3.05, 3.63) is 83.4 Å². The first-order valence-corrected chi connectivity index (χ1v) is 13.5. The maximum atomic E-state index is 11.8. The minimum Gasteiger partial charge on any atom is -0.489 e. The fourth-order valence-corrected chi connectivity index (χ4v) is 5.82. The standard InChI is InChI=1S/C31H37N3O3/c35-31(33-36)26-14-12-23(13-15-26)20-24(22-37-30-11-5-7-25-6-1-4-10-29(25)30)21-34(27-8-2-3-9-27)28-16-18-32-19-17-28/h1,4-7,10-15,20,27-28,32,36H,2-3,8-9,16-19,21-22H2,(H,33,35). The molecule has 0 bridgehead atoms. The van der Waals surface area contributed by atoms with Crippen molar-refractivity contribution in [3.63, 3.8) is 0 Å². The highest BCUT2D eigenvalue weighted by Crippen LogP contribution is 2.30. The van der Waals surface area contributed by atoms with Crippen LogP contribution in [0, 0.1) is 0 Å². The van der Waals surface area contributed by atoms with Gasteiger partial charge in [-0.25, -0.2) is 5.48 Å². The molecule has 1 aliphatic carbocycles. The minimum absolute atomic E-state index is 0.426. The first-order valence-electron chi connectivity index (χ1n) is 13.5. The minimum atomic E-state index is -0.506. The molecule has 37 heavy (non-hydrogen) atoms. The monoisotopic (exact) mass is 499 g/mol. The molecular formula is C31H37N3O3. The number of nitrogens with zero attached hydrogens (tertiary/aromatic N) is 1. The number of hydrogen-bond donors (Lipinski definition) is 3.